The van der Waals surface area contributed by atoms with E-state index in [1.807, 2.05) is 25.1 Å². The van der Waals surface area contributed by atoms with Crippen LogP contribution in [0.1, 0.15) is 26.4 Å². The van der Waals surface area contributed by atoms with Crippen LogP contribution in [0.15, 0.2) is 30.3 Å². The zero-order valence-electron chi connectivity index (χ0n) is 16.4. The van der Waals surface area contributed by atoms with Gasteiger partial charge in [0.25, 0.3) is 5.91 Å². The standard InChI is InChI=1S/C20H22N2O6S/c1-12-13(2)29-19(18(12)20(26)27-3)22-16(24)11-28-17(25)10-21-15(23)9-14-7-5-4-6-8-14/h4-8H,9-11H2,1-3H3,(H,21,23)(H,22,24). The van der Waals surface area contributed by atoms with Crippen LogP contribution >= 0.6 is 11.3 Å². The summed E-state index contributed by atoms with van der Waals surface area (Å²) in [4.78, 5) is 48.4. The Kier molecular flexibility index (Phi) is 7.90. The van der Waals surface area contributed by atoms with Crippen LogP contribution in [0.2, 0.25) is 0 Å². The number of thiophene rings is 1. The van der Waals surface area contributed by atoms with Gasteiger partial charge in [-0.25, -0.2) is 4.79 Å². The first kappa shape index (κ1) is 22.1. The maximum absolute atomic E-state index is 12.1. The molecule has 2 aromatic rings. The first-order valence-electron chi connectivity index (χ1n) is 8.76. The largest absolute Gasteiger partial charge is 0.465 e. The summed E-state index contributed by atoms with van der Waals surface area (Å²) in [6, 6.07) is 9.09. The fraction of sp³-hybridized carbons (Fsp3) is 0.300. The first-order valence-corrected chi connectivity index (χ1v) is 9.57. The molecule has 0 fully saturated rings. The van der Waals surface area contributed by atoms with E-state index in [2.05, 4.69) is 10.6 Å². The molecule has 2 rings (SSSR count). The number of hydrogen-bond donors (Lipinski definition) is 2. The molecule has 0 unspecified atom stereocenters. The summed E-state index contributed by atoms with van der Waals surface area (Å²) in [5.41, 5.74) is 1.82. The van der Waals surface area contributed by atoms with Crippen molar-refractivity contribution in [2.75, 3.05) is 25.6 Å². The van der Waals surface area contributed by atoms with Gasteiger partial charge in [0.1, 0.15) is 11.5 Å². The molecule has 1 heterocycles. The average Bonchev–Trinajstić information content (AvgIpc) is 2.98. The second-order valence-electron chi connectivity index (χ2n) is 6.13. The van der Waals surface area contributed by atoms with Gasteiger partial charge in [0.15, 0.2) is 6.61 Å². The summed E-state index contributed by atoms with van der Waals surface area (Å²) in [6.07, 6.45) is 0.141. The molecule has 0 spiro atoms. The molecule has 0 bridgehead atoms. The third-order valence-corrected chi connectivity index (χ3v) is 5.15. The van der Waals surface area contributed by atoms with Crippen molar-refractivity contribution in [3.8, 4) is 0 Å². The van der Waals surface area contributed by atoms with E-state index in [9.17, 15) is 19.2 Å². The zero-order valence-corrected chi connectivity index (χ0v) is 17.2. The van der Waals surface area contributed by atoms with Crippen molar-refractivity contribution in [3.63, 3.8) is 0 Å². The Morgan fingerprint density at radius 3 is 2.38 bits per heavy atom. The van der Waals surface area contributed by atoms with Crippen LogP contribution in [0.25, 0.3) is 0 Å². The number of hydrogen-bond acceptors (Lipinski definition) is 7. The Bertz CT molecular complexity index is 907. The number of benzene rings is 1. The molecular weight excluding hydrogens is 396 g/mol. The van der Waals surface area contributed by atoms with Crippen LogP contribution in [-0.4, -0.2) is 44.0 Å². The van der Waals surface area contributed by atoms with E-state index in [0.29, 0.717) is 5.00 Å². The summed E-state index contributed by atoms with van der Waals surface area (Å²) < 4.78 is 9.60. The SMILES string of the molecule is COC(=O)c1c(NC(=O)COC(=O)CNC(=O)Cc2ccccc2)sc(C)c1C. The second-order valence-corrected chi connectivity index (χ2v) is 7.35. The Hall–Kier alpha value is -3.20. The van der Waals surface area contributed by atoms with Gasteiger partial charge in [-0.05, 0) is 25.0 Å². The normalized spacial score (nSPS) is 10.2. The summed E-state index contributed by atoms with van der Waals surface area (Å²) >= 11 is 1.23. The number of amides is 2. The molecular formula is C20H22N2O6S. The fourth-order valence-electron chi connectivity index (χ4n) is 2.44. The van der Waals surface area contributed by atoms with Gasteiger partial charge in [-0.15, -0.1) is 11.3 Å². The average molecular weight is 418 g/mol. The van der Waals surface area contributed by atoms with Crippen molar-refractivity contribution in [2.24, 2.45) is 0 Å². The van der Waals surface area contributed by atoms with Gasteiger partial charge in [0, 0.05) is 4.88 Å². The van der Waals surface area contributed by atoms with Crippen LogP contribution in [0, 0.1) is 13.8 Å². The molecule has 2 amide bonds. The highest BCUT2D eigenvalue weighted by atomic mass is 32.1. The van der Waals surface area contributed by atoms with E-state index in [1.165, 1.54) is 18.4 Å². The molecule has 29 heavy (non-hydrogen) atoms. The summed E-state index contributed by atoms with van der Waals surface area (Å²) in [5.74, 6) is -2.22. The number of esters is 2. The van der Waals surface area contributed by atoms with Gasteiger partial charge in [0.2, 0.25) is 5.91 Å². The Morgan fingerprint density at radius 2 is 1.72 bits per heavy atom. The Morgan fingerprint density at radius 1 is 1.03 bits per heavy atom. The van der Waals surface area contributed by atoms with Crippen molar-refractivity contribution in [1.82, 2.24) is 5.32 Å². The van der Waals surface area contributed by atoms with Crippen molar-refractivity contribution in [2.45, 2.75) is 20.3 Å². The number of aryl methyl sites for hydroxylation is 1. The molecule has 0 aliphatic carbocycles. The highest BCUT2D eigenvalue weighted by molar-refractivity contribution is 7.16. The highest BCUT2D eigenvalue weighted by Crippen LogP contribution is 2.32. The van der Waals surface area contributed by atoms with Crippen LogP contribution in [-0.2, 0) is 30.3 Å². The van der Waals surface area contributed by atoms with Gasteiger partial charge in [0.05, 0.1) is 19.1 Å². The quantitative estimate of drug-likeness (QED) is 0.635. The van der Waals surface area contributed by atoms with Gasteiger partial charge in [-0.3, -0.25) is 14.4 Å². The summed E-state index contributed by atoms with van der Waals surface area (Å²) in [5, 5.41) is 5.33. The molecule has 0 aliphatic rings. The van der Waals surface area contributed by atoms with E-state index in [0.717, 1.165) is 16.0 Å². The highest BCUT2D eigenvalue weighted by Gasteiger charge is 2.22. The predicted octanol–water partition coefficient (Wildman–Crippen LogP) is 1.99. The number of carbonyl (C=O) groups excluding carboxylic acids is 4. The lowest BCUT2D eigenvalue weighted by molar-refractivity contribution is -0.147. The summed E-state index contributed by atoms with van der Waals surface area (Å²) in [6.45, 7) is 2.69. The van der Waals surface area contributed by atoms with Crippen molar-refractivity contribution < 1.29 is 28.7 Å². The summed E-state index contributed by atoms with van der Waals surface area (Å²) in [7, 11) is 1.26. The van der Waals surface area contributed by atoms with Gasteiger partial charge < -0.3 is 20.1 Å². The predicted molar refractivity (Wildman–Crippen MR) is 108 cm³/mol. The van der Waals surface area contributed by atoms with E-state index in [4.69, 9.17) is 9.47 Å². The number of methoxy groups -OCH3 is 1. The molecule has 8 nitrogen and oxygen atoms in total. The Labute approximate surface area is 172 Å². The smallest absolute Gasteiger partial charge is 0.341 e. The fourth-order valence-corrected chi connectivity index (χ4v) is 3.50. The molecule has 0 saturated carbocycles. The van der Waals surface area contributed by atoms with Crippen LogP contribution < -0.4 is 10.6 Å². The monoisotopic (exact) mass is 418 g/mol. The maximum Gasteiger partial charge on any atom is 0.341 e. The van der Waals surface area contributed by atoms with Gasteiger partial charge in [-0.1, -0.05) is 30.3 Å². The number of anilines is 1. The lowest BCUT2D eigenvalue weighted by atomic mass is 10.1. The molecule has 1 aromatic carbocycles. The second kappa shape index (κ2) is 10.4. The molecule has 0 aliphatic heterocycles. The lowest BCUT2D eigenvalue weighted by Crippen LogP contribution is -2.33. The third-order valence-electron chi connectivity index (χ3n) is 4.03. The number of rotatable bonds is 8. The van der Waals surface area contributed by atoms with E-state index in [1.54, 1.807) is 19.1 Å². The molecule has 154 valence electrons. The first-order chi connectivity index (χ1) is 13.8. The van der Waals surface area contributed by atoms with E-state index >= 15 is 0 Å². The number of carbonyl (C=O) groups is 4. The minimum Gasteiger partial charge on any atom is -0.465 e. The molecule has 0 atom stereocenters. The maximum atomic E-state index is 12.1. The van der Waals surface area contributed by atoms with Crippen molar-refractivity contribution in [1.29, 1.82) is 0 Å². The van der Waals surface area contributed by atoms with Crippen molar-refractivity contribution in [3.05, 3.63) is 51.9 Å². The Balaban J connectivity index is 1.79. The van der Waals surface area contributed by atoms with Crippen molar-refractivity contribution >= 4 is 40.1 Å². The minimum atomic E-state index is -0.742. The van der Waals surface area contributed by atoms with E-state index in [-0.39, 0.29) is 24.4 Å². The molecule has 1 aromatic heterocycles. The van der Waals surface area contributed by atoms with Crippen LogP contribution in [0.5, 0.6) is 0 Å². The molecule has 2 N–H and O–H groups in total. The van der Waals surface area contributed by atoms with Crippen LogP contribution in [0.3, 0.4) is 0 Å². The van der Waals surface area contributed by atoms with Gasteiger partial charge in [-0.2, -0.15) is 0 Å². The number of ether oxygens (including phenoxy) is 2. The minimum absolute atomic E-state index is 0.141. The zero-order chi connectivity index (χ0) is 21.4. The molecule has 0 radical (unpaired) electrons. The lowest BCUT2D eigenvalue weighted by Gasteiger charge is -2.08. The molecule has 0 saturated heterocycles. The van der Waals surface area contributed by atoms with E-state index < -0.39 is 24.5 Å². The van der Waals surface area contributed by atoms with Crippen LogP contribution in [0.4, 0.5) is 5.00 Å². The van der Waals surface area contributed by atoms with Gasteiger partial charge >= 0.3 is 11.9 Å². The number of nitrogens with one attached hydrogen (secondary N) is 2. The third kappa shape index (κ3) is 6.42. The molecule has 9 heteroatoms. The topological polar surface area (TPSA) is 111 Å².